The molecule has 106 valence electrons. The van der Waals surface area contributed by atoms with Crippen LogP contribution in [0.4, 0.5) is 5.95 Å². The summed E-state index contributed by atoms with van der Waals surface area (Å²) >= 11 is 7.51. The third kappa shape index (κ3) is 3.43. The van der Waals surface area contributed by atoms with E-state index in [0.29, 0.717) is 16.9 Å². The van der Waals surface area contributed by atoms with Crippen molar-refractivity contribution < 1.29 is 4.42 Å². The van der Waals surface area contributed by atoms with Crippen molar-refractivity contribution in [2.24, 2.45) is 0 Å². The quantitative estimate of drug-likeness (QED) is 0.807. The van der Waals surface area contributed by atoms with Gasteiger partial charge in [0, 0.05) is 13.1 Å². The molecule has 5 nitrogen and oxygen atoms in total. The molecule has 20 heavy (non-hydrogen) atoms. The van der Waals surface area contributed by atoms with Gasteiger partial charge in [0.2, 0.25) is 11.2 Å². The van der Waals surface area contributed by atoms with E-state index >= 15 is 0 Å². The van der Waals surface area contributed by atoms with Crippen LogP contribution in [0.2, 0.25) is 5.28 Å². The van der Waals surface area contributed by atoms with Gasteiger partial charge in [0.25, 0.3) is 0 Å². The number of hydrogen-bond donors (Lipinski definition) is 0. The van der Waals surface area contributed by atoms with Gasteiger partial charge in [0.05, 0.1) is 12.0 Å². The summed E-state index contributed by atoms with van der Waals surface area (Å²) in [5, 5.41) is 0.893. The van der Waals surface area contributed by atoms with Crippen LogP contribution in [-0.2, 0) is 5.75 Å². The van der Waals surface area contributed by atoms with Gasteiger partial charge >= 0.3 is 0 Å². The molecular formula is C13H15ClN4OS. The van der Waals surface area contributed by atoms with Crippen LogP contribution in [0.3, 0.4) is 0 Å². The van der Waals surface area contributed by atoms with Crippen molar-refractivity contribution >= 4 is 29.3 Å². The lowest BCUT2D eigenvalue weighted by atomic mass is 10.1. The molecule has 0 bridgehead atoms. The Balaban J connectivity index is 1.72. The molecule has 3 heterocycles. The van der Waals surface area contributed by atoms with Gasteiger partial charge < -0.3 is 9.32 Å². The lowest BCUT2D eigenvalue weighted by molar-refractivity contribution is 0.530. The Kier molecular flexibility index (Phi) is 4.42. The minimum absolute atomic E-state index is 0.252. The molecule has 1 aliphatic heterocycles. The maximum atomic E-state index is 6.00. The van der Waals surface area contributed by atoms with E-state index in [1.54, 1.807) is 6.26 Å². The molecule has 0 unspecified atom stereocenters. The fourth-order valence-corrected chi connectivity index (χ4v) is 3.09. The average Bonchev–Trinajstić information content (AvgIpc) is 2.99. The molecular weight excluding hydrogens is 296 g/mol. The molecule has 0 N–H and O–H groups in total. The molecule has 0 radical (unpaired) electrons. The normalized spacial score (nSPS) is 15.6. The second-order valence-electron chi connectivity index (χ2n) is 4.60. The molecule has 0 spiro atoms. The molecule has 1 fully saturated rings. The Labute approximate surface area is 126 Å². The van der Waals surface area contributed by atoms with E-state index in [1.807, 2.05) is 12.1 Å². The largest absolute Gasteiger partial charge is 0.468 e. The Hall–Kier alpha value is -1.27. The predicted octanol–water partition coefficient (Wildman–Crippen LogP) is 3.40. The summed E-state index contributed by atoms with van der Waals surface area (Å²) in [4.78, 5) is 15.1. The zero-order chi connectivity index (χ0) is 13.8. The minimum Gasteiger partial charge on any atom is -0.468 e. The zero-order valence-corrected chi connectivity index (χ0v) is 12.5. The van der Waals surface area contributed by atoms with Gasteiger partial charge in [-0.25, -0.2) is 0 Å². The Bertz CT molecular complexity index is 558. The molecule has 0 atom stereocenters. The highest BCUT2D eigenvalue weighted by molar-refractivity contribution is 7.98. The van der Waals surface area contributed by atoms with Crippen molar-refractivity contribution in [1.29, 1.82) is 0 Å². The number of nitrogens with zero attached hydrogens (tertiary/aromatic N) is 4. The van der Waals surface area contributed by atoms with Crippen LogP contribution in [0.25, 0.3) is 0 Å². The summed E-state index contributed by atoms with van der Waals surface area (Å²) in [6.07, 6.45) is 5.29. The van der Waals surface area contributed by atoms with Crippen LogP contribution in [0.1, 0.15) is 25.0 Å². The van der Waals surface area contributed by atoms with E-state index in [-0.39, 0.29) is 5.28 Å². The van der Waals surface area contributed by atoms with Crippen LogP contribution in [-0.4, -0.2) is 28.0 Å². The number of aromatic nitrogens is 3. The summed E-state index contributed by atoms with van der Waals surface area (Å²) in [5.74, 6) is 2.27. The highest BCUT2D eigenvalue weighted by atomic mass is 35.5. The summed E-state index contributed by atoms with van der Waals surface area (Å²) in [5.41, 5.74) is 0. The molecule has 0 amide bonds. The lowest BCUT2D eigenvalue weighted by Gasteiger charge is -2.26. The fourth-order valence-electron chi connectivity index (χ4n) is 2.15. The highest BCUT2D eigenvalue weighted by Gasteiger charge is 2.16. The molecule has 0 aliphatic carbocycles. The van der Waals surface area contributed by atoms with E-state index < -0.39 is 0 Å². The first kappa shape index (κ1) is 13.7. The van der Waals surface area contributed by atoms with Crippen LogP contribution in [0.5, 0.6) is 0 Å². The van der Waals surface area contributed by atoms with Crippen LogP contribution in [0.15, 0.2) is 28.0 Å². The summed E-state index contributed by atoms with van der Waals surface area (Å²) in [7, 11) is 0. The summed E-state index contributed by atoms with van der Waals surface area (Å²) < 4.78 is 5.30. The smallest absolute Gasteiger partial charge is 0.230 e. The standard InChI is InChI=1S/C13H15ClN4OS/c14-11-15-12(18-6-2-1-3-7-18)17-13(16-11)20-9-10-5-4-8-19-10/h4-5,8H,1-3,6-7,9H2. The molecule has 2 aromatic heterocycles. The number of furan rings is 1. The number of piperidine rings is 1. The molecule has 1 aliphatic rings. The fraction of sp³-hybridized carbons (Fsp3) is 0.462. The molecule has 7 heteroatoms. The van der Waals surface area contributed by atoms with Gasteiger partial charge in [-0.3, -0.25) is 0 Å². The van der Waals surface area contributed by atoms with Crippen molar-refractivity contribution in [2.75, 3.05) is 18.0 Å². The maximum Gasteiger partial charge on any atom is 0.230 e. The van der Waals surface area contributed by atoms with Gasteiger partial charge in [0.1, 0.15) is 5.76 Å². The van der Waals surface area contributed by atoms with Gasteiger partial charge in [-0.15, -0.1) is 0 Å². The van der Waals surface area contributed by atoms with Crippen molar-refractivity contribution in [3.63, 3.8) is 0 Å². The Morgan fingerprint density at radius 2 is 2.05 bits per heavy atom. The van der Waals surface area contributed by atoms with E-state index in [2.05, 4.69) is 19.9 Å². The molecule has 0 saturated carbocycles. The molecule has 1 saturated heterocycles. The van der Waals surface area contributed by atoms with E-state index in [1.165, 1.54) is 31.0 Å². The molecule has 0 aromatic carbocycles. The van der Waals surface area contributed by atoms with Crippen LogP contribution < -0.4 is 4.90 Å². The van der Waals surface area contributed by atoms with Crippen molar-refractivity contribution in [2.45, 2.75) is 30.2 Å². The monoisotopic (exact) mass is 310 g/mol. The van der Waals surface area contributed by atoms with E-state index in [4.69, 9.17) is 16.0 Å². The number of hydrogen-bond acceptors (Lipinski definition) is 6. The number of rotatable bonds is 4. The molecule has 2 aromatic rings. The van der Waals surface area contributed by atoms with Gasteiger partial charge in [0.15, 0.2) is 5.16 Å². The number of halogens is 1. The minimum atomic E-state index is 0.252. The second kappa shape index (κ2) is 6.45. The summed E-state index contributed by atoms with van der Waals surface area (Å²) in [6, 6.07) is 3.80. The third-order valence-corrected chi connectivity index (χ3v) is 4.18. The summed E-state index contributed by atoms with van der Waals surface area (Å²) in [6.45, 7) is 1.98. The van der Waals surface area contributed by atoms with Gasteiger partial charge in [-0.2, -0.15) is 15.0 Å². The first-order valence-corrected chi connectivity index (χ1v) is 7.99. The van der Waals surface area contributed by atoms with E-state index in [0.717, 1.165) is 18.8 Å². The first-order chi connectivity index (χ1) is 9.81. The Morgan fingerprint density at radius 1 is 1.20 bits per heavy atom. The Morgan fingerprint density at radius 3 is 2.80 bits per heavy atom. The second-order valence-corrected chi connectivity index (χ2v) is 5.88. The lowest BCUT2D eigenvalue weighted by Crippen LogP contribution is -2.31. The zero-order valence-electron chi connectivity index (χ0n) is 11.0. The highest BCUT2D eigenvalue weighted by Crippen LogP contribution is 2.24. The topological polar surface area (TPSA) is 55.1 Å². The predicted molar refractivity (Wildman–Crippen MR) is 79.2 cm³/mol. The first-order valence-electron chi connectivity index (χ1n) is 6.63. The van der Waals surface area contributed by atoms with Gasteiger partial charge in [-0.1, -0.05) is 11.8 Å². The van der Waals surface area contributed by atoms with Crippen molar-refractivity contribution in [1.82, 2.24) is 15.0 Å². The van der Waals surface area contributed by atoms with Crippen LogP contribution >= 0.6 is 23.4 Å². The van der Waals surface area contributed by atoms with Crippen molar-refractivity contribution in [3.8, 4) is 0 Å². The SMILES string of the molecule is Clc1nc(SCc2ccco2)nc(N2CCCCC2)n1. The van der Waals surface area contributed by atoms with Gasteiger partial charge in [-0.05, 0) is 43.0 Å². The third-order valence-electron chi connectivity index (χ3n) is 3.14. The maximum absolute atomic E-state index is 6.00. The molecule has 3 rings (SSSR count). The number of anilines is 1. The number of thioether (sulfide) groups is 1. The van der Waals surface area contributed by atoms with Crippen molar-refractivity contribution in [3.05, 3.63) is 29.4 Å². The van der Waals surface area contributed by atoms with E-state index in [9.17, 15) is 0 Å². The average molecular weight is 311 g/mol. The van der Waals surface area contributed by atoms with Crippen LogP contribution in [0, 0.1) is 0 Å².